The number of rotatable bonds is 6. The molecular weight excluding hydrogens is 292 g/mol. The van der Waals surface area contributed by atoms with Crippen molar-refractivity contribution in [3.8, 4) is 0 Å². The predicted octanol–water partition coefficient (Wildman–Crippen LogP) is 2.62. The minimum Gasteiger partial charge on any atom is -0.386 e. The molecule has 0 saturated carbocycles. The molecule has 0 amide bonds. The Morgan fingerprint density at radius 2 is 1.48 bits per heavy atom. The molecule has 0 atom stereocenters. The Morgan fingerprint density at radius 3 is 1.96 bits per heavy atom. The number of carbonyl (C=O) groups is 2. The molecule has 3 N–H and O–H groups in total. The molecule has 5 nitrogen and oxygen atoms in total. The maximum Gasteiger partial charge on any atom is 0.346 e. The van der Waals surface area contributed by atoms with Gasteiger partial charge in [0.25, 0.3) is 0 Å². The molecule has 0 unspecified atom stereocenters. The van der Waals surface area contributed by atoms with Gasteiger partial charge in [-0.05, 0) is 61.9 Å². The van der Waals surface area contributed by atoms with Crippen molar-refractivity contribution in [2.75, 3.05) is 18.4 Å². The summed E-state index contributed by atoms with van der Waals surface area (Å²) in [7, 11) is 0. The van der Waals surface area contributed by atoms with Crippen LogP contribution in [0.15, 0.2) is 48.5 Å². The van der Waals surface area contributed by atoms with Crippen LogP contribution in [0.3, 0.4) is 0 Å². The smallest absolute Gasteiger partial charge is 0.346 e. The molecule has 0 aliphatic rings. The van der Waals surface area contributed by atoms with Gasteiger partial charge >= 0.3 is 11.9 Å². The minimum atomic E-state index is -0.663. The normalized spacial score (nSPS) is 10.2. The highest BCUT2D eigenvalue weighted by Crippen LogP contribution is 2.12. The van der Waals surface area contributed by atoms with E-state index in [0.717, 1.165) is 24.2 Å². The van der Waals surface area contributed by atoms with Crippen molar-refractivity contribution in [1.29, 1.82) is 0 Å². The maximum absolute atomic E-state index is 12.0. The lowest BCUT2D eigenvalue weighted by Crippen LogP contribution is -2.13. The number of nitrogens with one attached hydrogen (secondary N) is 1. The molecule has 2 aromatic rings. The van der Waals surface area contributed by atoms with Gasteiger partial charge in [0.2, 0.25) is 0 Å². The summed E-state index contributed by atoms with van der Waals surface area (Å²) in [5.41, 5.74) is 8.09. The quantitative estimate of drug-likeness (QED) is 0.633. The van der Waals surface area contributed by atoms with E-state index in [1.807, 2.05) is 6.92 Å². The van der Waals surface area contributed by atoms with E-state index >= 15 is 0 Å². The number of hydrogen-bond donors (Lipinski definition) is 2. The zero-order chi connectivity index (χ0) is 16.7. The van der Waals surface area contributed by atoms with Gasteiger partial charge in [0.05, 0.1) is 11.1 Å². The first-order valence-electron chi connectivity index (χ1n) is 7.53. The van der Waals surface area contributed by atoms with E-state index in [2.05, 4.69) is 5.32 Å². The molecule has 120 valence electrons. The molecule has 0 aliphatic carbocycles. The number of esters is 2. The van der Waals surface area contributed by atoms with Gasteiger partial charge in [0.15, 0.2) is 0 Å². The molecule has 23 heavy (non-hydrogen) atoms. The van der Waals surface area contributed by atoms with Gasteiger partial charge in [0.1, 0.15) is 0 Å². The largest absolute Gasteiger partial charge is 0.386 e. The van der Waals surface area contributed by atoms with E-state index in [4.69, 9.17) is 10.5 Å². The molecule has 0 heterocycles. The molecule has 2 aromatic carbocycles. The lowest BCUT2D eigenvalue weighted by molar-refractivity contribution is 0.0398. The second kappa shape index (κ2) is 8.10. The van der Waals surface area contributed by atoms with Crippen molar-refractivity contribution in [3.63, 3.8) is 0 Å². The SMILES string of the molecule is CCNc1ccc(C(=O)OC(=O)c2ccc(CCN)cc2)cc1. The predicted molar refractivity (Wildman–Crippen MR) is 89.6 cm³/mol. The third kappa shape index (κ3) is 4.66. The highest BCUT2D eigenvalue weighted by Gasteiger charge is 2.14. The summed E-state index contributed by atoms with van der Waals surface area (Å²) in [6.45, 7) is 3.33. The number of nitrogens with two attached hydrogens (primary N) is 1. The Bertz CT molecular complexity index is 604. The number of benzene rings is 2. The first-order chi connectivity index (χ1) is 11.1. The summed E-state index contributed by atoms with van der Waals surface area (Å²) in [5.74, 6) is -1.32. The van der Waals surface area contributed by atoms with Crippen LogP contribution in [0.2, 0.25) is 0 Å². The first-order valence-corrected chi connectivity index (χ1v) is 7.53. The number of carbonyl (C=O) groups excluding carboxylic acids is 2. The number of hydrogen-bond acceptors (Lipinski definition) is 5. The van der Waals surface area contributed by atoms with Crippen molar-refractivity contribution in [2.24, 2.45) is 5.73 Å². The van der Waals surface area contributed by atoms with Crippen LogP contribution in [0, 0.1) is 0 Å². The third-order valence-corrected chi connectivity index (χ3v) is 3.31. The molecule has 5 heteroatoms. The zero-order valence-corrected chi connectivity index (χ0v) is 13.0. The summed E-state index contributed by atoms with van der Waals surface area (Å²) in [6, 6.07) is 13.7. The van der Waals surface area contributed by atoms with Crippen LogP contribution in [0.5, 0.6) is 0 Å². The maximum atomic E-state index is 12.0. The van der Waals surface area contributed by atoms with E-state index in [9.17, 15) is 9.59 Å². The van der Waals surface area contributed by atoms with Crippen LogP contribution in [0.1, 0.15) is 33.2 Å². The molecular formula is C18H20N2O3. The Hall–Kier alpha value is -2.66. The standard InChI is InChI=1S/C18H20N2O3/c1-2-20-16-9-7-15(8-10-16)18(22)23-17(21)14-5-3-13(4-6-14)11-12-19/h3-10,20H,2,11-12,19H2,1H3. The summed E-state index contributed by atoms with van der Waals surface area (Å²) < 4.78 is 4.90. The number of ether oxygens (including phenoxy) is 1. The fourth-order valence-electron chi connectivity index (χ4n) is 2.10. The summed E-state index contributed by atoms with van der Waals surface area (Å²) in [4.78, 5) is 24.0. The topological polar surface area (TPSA) is 81.4 Å². The summed E-state index contributed by atoms with van der Waals surface area (Å²) >= 11 is 0. The van der Waals surface area contributed by atoms with E-state index in [-0.39, 0.29) is 0 Å². The molecule has 0 aromatic heterocycles. The molecule has 2 rings (SSSR count). The van der Waals surface area contributed by atoms with Gasteiger partial charge in [-0.2, -0.15) is 0 Å². The van der Waals surface area contributed by atoms with Crippen LogP contribution in [-0.2, 0) is 11.2 Å². The van der Waals surface area contributed by atoms with Gasteiger partial charge < -0.3 is 15.8 Å². The molecule has 0 aliphatic heterocycles. The molecule has 0 radical (unpaired) electrons. The van der Waals surface area contributed by atoms with Crippen molar-refractivity contribution in [1.82, 2.24) is 0 Å². The fourth-order valence-corrected chi connectivity index (χ4v) is 2.10. The molecule has 0 saturated heterocycles. The van der Waals surface area contributed by atoms with E-state index in [1.165, 1.54) is 0 Å². The van der Waals surface area contributed by atoms with Gasteiger partial charge in [0, 0.05) is 12.2 Å². The Kier molecular flexibility index (Phi) is 5.88. The van der Waals surface area contributed by atoms with Gasteiger partial charge in [-0.1, -0.05) is 12.1 Å². The van der Waals surface area contributed by atoms with Gasteiger partial charge in [-0.25, -0.2) is 9.59 Å². The summed E-state index contributed by atoms with van der Waals surface area (Å²) in [6.07, 6.45) is 0.742. The highest BCUT2D eigenvalue weighted by atomic mass is 16.6. The molecule has 0 spiro atoms. The molecule has 0 bridgehead atoms. The van der Waals surface area contributed by atoms with Crippen LogP contribution >= 0.6 is 0 Å². The minimum absolute atomic E-state index is 0.333. The Balaban J connectivity index is 1.99. The van der Waals surface area contributed by atoms with Gasteiger partial charge in [-0.3, -0.25) is 0 Å². The van der Waals surface area contributed by atoms with Crippen molar-refractivity contribution in [2.45, 2.75) is 13.3 Å². The van der Waals surface area contributed by atoms with Crippen LogP contribution in [0.25, 0.3) is 0 Å². The van der Waals surface area contributed by atoms with Crippen molar-refractivity contribution >= 4 is 17.6 Å². The van der Waals surface area contributed by atoms with E-state index in [0.29, 0.717) is 17.7 Å². The highest BCUT2D eigenvalue weighted by molar-refractivity contribution is 6.02. The lowest BCUT2D eigenvalue weighted by Gasteiger charge is -2.06. The molecule has 0 fully saturated rings. The first kappa shape index (κ1) is 16.7. The fraction of sp³-hybridized carbons (Fsp3) is 0.222. The third-order valence-electron chi connectivity index (χ3n) is 3.31. The van der Waals surface area contributed by atoms with Crippen LogP contribution in [0.4, 0.5) is 5.69 Å². The second-order valence-electron chi connectivity index (χ2n) is 5.02. The van der Waals surface area contributed by atoms with Gasteiger partial charge in [-0.15, -0.1) is 0 Å². The van der Waals surface area contributed by atoms with Crippen molar-refractivity contribution in [3.05, 3.63) is 65.2 Å². The lowest BCUT2D eigenvalue weighted by atomic mass is 10.1. The van der Waals surface area contributed by atoms with E-state index in [1.54, 1.807) is 48.5 Å². The Morgan fingerprint density at radius 1 is 0.957 bits per heavy atom. The zero-order valence-electron chi connectivity index (χ0n) is 13.0. The average Bonchev–Trinajstić information content (AvgIpc) is 2.56. The van der Waals surface area contributed by atoms with Crippen LogP contribution < -0.4 is 11.1 Å². The average molecular weight is 312 g/mol. The monoisotopic (exact) mass is 312 g/mol. The second-order valence-corrected chi connectivity index (χ2v) is 5.02. The van der Waals surface area contributed by atoms with Crippen molar-refractivity contribution < 1.29 is 14.3 Å². The number of anilines is 1. The Labute approximate surface area is 135 Å². The van der Waals surface area contributed by atoms with E-state index < -0.39 is 11.9 Å². The summed E-state index contributed by atoms with van der Waals surface area (Å²) in [5, 5.41) is 3.13. The van der Waals surface area contributed by atoms with Crippen LogP contribution in [-0.4, -0.2) is 25.0 Å².